The molecule has 0 spiro atoms. The third-order valence-electron chi connectivity index (χ3n) is 3.34. The van der Waals surface area contributed by atoms with Gasteiger partial charge in [-0.1, -0.05) is 6.92 Å². The quantitative estimate of drug-likeness (QED) is 0.510. The Bertz CT molecular complexity index is 190. The molecule has 1 amide bonds. The average Bonchev–Trinajstić information content (AvgIpc) is 2.26. The number of carbonyl (C=O) groups is 1. The van der Waals surface area contributed by atoms with Crippen molar-refractivity contribution in [3.8, 4) is 0 Å². The van der Waals surface area contributed by atoms with E-state index in [1.807, 2.05) is 4.90 Å². The largest absolute Gasteiger partial charge is 0.342 e. The average molecular weight is 153 g/mol. The van der Waals surface area contributed by atoms with E-state index in [9.17, 15) is 4.79 Å². The molecule has 2 nitrogen and oxygen atoms in total. The Morgan fingerprint density at radius 1 is 1.45 bits per heavy atom. The second-order valence-electron chi connectivity index (χ2n) is 4.06. The molecule has 2 aliphatic rings. The van der Waals surface area contributed by atoms with Crippen molar-refractivity contribution in [2.24, 2.45) is 17.8 Å². The molecule has 62 valence electrons. The summed E-state index contributed by atoms with van der Waals surface area (Å²) in [4.78, 5) is 13.0. The molecule has 2 heteroatoms. The van der Waals surface area contributed by atoms with E-state index in [1.54, 1.807) is 6.92 Å². The van der Waals surface area contributed by atoms with E-state index in [-0.39, 0.29) is 5.91 Å². The van der Waals surface area contributed by atoms with Crippen LogP contribution in [0.5, 0.6) is 0 Å². The van der Waals surface area contributed by atoms with Crippen LogP contribution in [-0.2, 0) is 4.79 Å². The van der Waals surface area contributed by atoms with Gasteiger partial charge in [-0.2, -0.15) is 0 Å². The van der Waals surface area contributed by atoms with E-state index in [2.05, 4.69) is 6.92 Å². The molecule has 1 saturated heterocycles. The maximum absolute atomic E-state index is 11.0. The molecular weight excluding hydrogens is 138 g/mol. The summed E-state index contributed by atoms with van der Waals surface area (Å²) in [5.41, 5.74) is 0. The summed E-state index contributed by atoms with van der Waals surface area (Å²) in [7, 11) is 0. The highest BCUT2D eigenvalue weighted by Crippen LogP contribution is 2.45. The molecule has 0 bridgehead atoms. The molecule has 1 saturated carbocycles. The highest BCUT2D eigenvalue weighted by molar-refractivity contribution is 5.73. The Morgan fingerprint density at radius 2 is 2.18 bits per heavy atom. The predicted octanol–water partition coefficient (Wildman–Crippen LogP) is 1.12. The maximum atomic E-state index is 11.0. The van der Waals surface area contributed by atoms with Gasteiger partial charge in [-0.05, 0) is 24.2 Å². The zero-order chi connectivity index (χ0) is 8.01. The van der Waals surface area contributed by atoms with Gasteiger partial charge in [0.05, 0.1) is 0 Å². The van der Waals surface area contributed by atoms with Crippen molar-refractivity contribution in [3.05, 3.63) is 0 Å². The Hall–Kier alpha value is -0.530. The second-order valence-corrected chi connectivity index (χ2v) is 4.06. The van der Waals surface area contributed by atoms with E-state index in [0.717, 1.165) is 30.8 Å². The van der Waals surface area contributed by atoms with Gasteiger partial charge in [0.1, 0.15) is 0 Å². The van der Waals surface area contributed by atoms with Crippen LogP contribution in [0.2, 0.25) is 0 Å². The number of amides is 1. The first-order valence-corrected chi connectivity index (χ1v) is 4.44. The van der Waals surface area contributed by atoms with Crippen LogP contribution in [-0.4, -0.2) is 23.9 Å². The van der Waals surface area contributed by atoms with Crippen LogP contribution in [0.15, 0.2) is 0 Å². The summed E-state index contributed by atoms with van der Waals surface area (Å²) >= 11 is 0. The highest BCUT2D eigenvalue weighted by atomic mass is 16.2. The molecule has 1 aliphatic carbocycles. The fourth-order valence-corrected chi connectivity index (χ4v) is 2.50. The summed E-state index contributed by atoms with van der Waals surface area (Å²) in [6.45, 7) is 6.03. The minimum atomic E-state index is 0.256. The molecule has 0 aromatic rings. The van der Waals surface area contributed by atoms with Crippen LogP contribution in [0, 0.1) is 17.8 Å². The van der Waals surface area contributed by atoms with Crippen LogP contribution in [0.3, 0.4) is 0 Å². The van der Waals surface area contributed by atoms with Crippen molar-refractivity contribution in [2.45, 2.75) is 20.3 Å². The lowest BCUT2D eigenvalue weighted by Gasteiger charge is -2.36. The Morgan fingerprint density at radius 3 is 2.64 bits per heavy atom. The molecule has 2 rings (SSSR count). The number of rotatable bonds is 0. The molecule has 11 heavy (non-hydrogen) atoms. The Kier molecular flexibility index (Phi) is 1.44. The lowest BCUT2D eigenvalue weighted by atomic mass is 9.68. The van der Waals surface area contributed by atoms with E-state index < -0.39 is 0 Å². The first kappa shape index (κ1) is 7.14. The maximum Gasteiger partial charge on any atom is 0.219 e. The van der Waals surface area contributed by atoms with Crippen LogP contribution in [0.1, 0.15) is 20.3 Å². The number of fused-ring (bicyclic) bond motifs is 1. The normalized spacial score (nSPS) is 41.6. The summed E-state index contributed by atoms with van der Waals surface area (Å²) < 4.78 is 0. The number of hydrogen-bond acceptors (Lipinski definition) is 1. The lowest BCUT2D eigenvalue weighted by molar-refractivity contribution is -0.127. The van der Waals surface area contributed by atoms with Gasteiger partial charge >= 0.3 is 0 Å². The van der Waals surface area contributed by atoms with Gasteiger partial charge in [-0.25, -0.2) is 0 Å². The monoisotopic (exact) mass is 153 g/mol. The topological polar surface area (TPSA) is 20.3 Å². The van der Waals surface area contributed by atoms with Crippen molar-refractivity contribution in [3.63, 3.8) is 0 Å². The molecule has 2 fully saturated rings. The summed E-state index contributed by atoms with van der Waals surface area (Å²) in [5, 5.41) is 0. The van der Waals surface area contributed by atoms with Gasteiger partial charge in [-0.3, -0.25) is 4.79 Å². The molecular formula is C9H15NO. The predicted molar refractivity (Wildman–Crippen MR) is 43.0 cm³/mol. The third-order valence-corrected chi connectivity index (χ3v) is 3.34. The third kappa shape index (κ3) is 0.959. The molecule has 1 aliphatic heterocycles. The molecule has 0 aromatic heterocycles. The molecule has 2 unspecified atom stereocenters. The lowest BCUT2D eigenvalue weighted by Crippen LogP contribution is -2.33. The van der Waals surface area contributed by atoms with E-state index in [4.69, 9.17) is 0 Å². The van der Waals surface area contributed by atoms with Gasteiger partial charge in [0.2, 0.25) is 5.91 Å². The second kappa shape index (κ2) is 2.23. The van der Waals surface area contributed by atoms with Gasteiger partial charge in [0.15, 0.2) is 0 Å². The van der Waals surface area contributed by atoms with Crippen LogP contribution < -0.4 is 0 Å². The summed E-state index contributed by atoms with van der Waals surface area (Å²) in [6.07, 6.45) is 1.34. The van der Waals surface area contributed by atoms with Gasteiger partial charge in [-0.15, -0.1) is 0 Å². The van der Waals surface area contributed by atoms with Gasteiger partial charge in [0, 0.05) is 20.0 Å². The summed E-state index contributed by atoms with van der Waals surface area (Å²) in [5.74, 6) is 2.80. The highest BCUT2D eigenvalue weighted by Gasteiger charge is 2.45. The SMILES string of the molecule is CC(=O)N1CC2C[C@@H](C)C2C1. The van der Waals surface area contributed by atoms with E-state index >= 15 is 0 Å². The minimum Gasteiger partial charge on any atom is -0.342 e. The smallest absolute Gasteiger partial charge is 0.219 e. The zero-order valence-electron chi connectivity index (χ0n) is 7.21. The molecule has 0 radical (unpaired) electrons. The van der Waals surface area contributed by atoms with E-state index in [0.29, 0.717) is 0 Å². The summed E-state index contributed by atoms with van der Waals surface area (Å²) in [6, 6.07) is 0. The Labute approximate surface area is 67.6 Å². The number of carbonyl (C=O) groups excluding carboxylic acids is 1. The molecule has 0 aromatic carbocycles. The minimum absolute atomic E-state index is 0.256. The van der Waals surface area contributed by atoms with E-state index in [1.165, 1.54) is 6.42 Å². The fraction of sp³-hybridized carbons (Fsp3) is 0.889. The number of hydrogen-bond donors (Lipinski definition) is 0. The van der Waals surface area contributed by atoms with Crippen molar-refractivity contribution in [1.29, 1.82) is 0 Å². The number of likely N-dealkylation sites (tertiary alicyclic amines) is 1. The van der Waals surface area contributed by atoms with Gasteiger partial charge < -0.3 is 4.90 Å². The standard InChI is InChI=1S/C9H15NO/c1-6-3-8-4-10(7(2)11)5-9(6)8/h6,8-9H,3-5H2,1-2H3/t6-,8?,9?/m1/s1. The van der Waals surface area contributed by atoms with Crippen molar-refractivity contribution >= 4 is 5.91 Å². The zero-order valence-corrected chi connectivity index (χ0v) is 7.21. The first-order chi connectivity index (χ1) is 5.18. The van der Waals surface area contributed by atoms with Crippen molar-refractivity contribution in [2.75, 3.05) is 13.1 Å². The molecule has 3 atom stereocenters. The van der Waals surface area contributed by atoms with Crippen LogP contribution in [0.25, 0.3) is 0 Å². The fourth-order valence-electron chi connectivity index (χ4n) is 2.50. The van der Waals surface area contributed by atoms with Crippen LogP contribution in [0.4, 0.5) is 0 Å². The first-order valence-electron chi connectivity index (χ1n) is 4.44. The van der Waals surface area contributed by atoms with Gasteiger partial charge in [0.25, 0.3) is 0 Å². The van der Waals surface area contributed by atoms with Crippen LogP contribution >= 0.6 is 0 Å². The Balaban J connectivity index is 1.98. The molecule has 0 N–H and O–H groups in total. The number of nitrogens with zero attached hydrogens (tertiary/aromatic N) is 1. The van der Waals surface area contributed by atoms with Crippen molar-refractivity contribution < 1.29 is 4.79 Å². The van der Waals surface area contributed by atoms with Crippen molar-refractivity contribution in [1.82, 2.24) is 4.90 Å². The molecule has 1 heterocycles.